The van der Waals surface area contributed by atoms with Crippen molar-refractivity contribution in [3.8, 4) is 0 Å². The summed E-state index contributed by atoms with van der Waals surface area (Å²) in [6.45, 7) is 7.32. The Labute approximate surface area is 98.2 Å². The lowest BCUT2D eigenvalue weighted by Gasteiger charge is -2.24. The van der Waals surface area contributed by atoms with E-state index in [-0.39, 0.29) is 5.60 Å². The number of pyridine rings is 1. The molecule has 0 bridgehead atoms. The summed E-state index contributed by atoms with van der Waals surface area (Å²) in [5.74, 6) is 0. The zero-order valence-corrected chi connectivity index (χ0v) is 10.7. The number of nitrogens with zero attached hydrogens (tertiary/aromatic N) is 1. The molecule has 0 aliphatic rings. The molecule has 1 rings (SSSR count). The second-order valence-electron chi connectivity index (χ2n) is 4.67. The molecule has 3 nitrogen and oxygen atoms in total. The van der Waals surface area contributed by atoms with E-state index in [9.17, 15) is 0 Å². The summed E-state index contributed by atoms with van der Waals surface area (Å²) in [6.07, 6.45) is 4.65. The molecular weight excluding hydrogens is 200 g/mol. The van der Waals surface area contributed by atoms with Crippen LogP contribution in [0.4, 0.5) is 0 Å². The Balaban J connectivity index is 2.34. The predicted octanol–water partition coefficient (Wildman–Crippen LogP) is 2.55. The van der Waals surface area contributed by atoms with Gasteiger partial charge in [0.05, 0.1) is 5.60 Å². The number of ether oxygens (including phenoxy) is 1. The monoisotopic (exact) mass is 222 g/mol. The van der Waals surface area contributed by atoms with Crippen LogP contribution in [0.1, 0.15) is 38.8 Å². The molecule has 1 aromatic rings. The average molecular weight is 222 g/mol. The Kier molecular flexibility index (Phi) is 4.90. The molecule has 0 fully saturated rings. The summed E-state index contributed by atoms with van der Waals surface area (Å²) < 4.78 is 5.38. The van der Waals surface area contributed by atoms with Crippen molar-refractivity contribution in [1.29, 1.82) is 0 Å². The Morgan fingerprint density at radius 2 is 2.00 bits per heavy atom. The first-order valence-electron chi connectivity index (χ1n) is 5.73. The van der Waals surface area contributed by atoms with Crippen LogP contribution in [0.15, 0.2) is 24.5 Å². The van der Waals surface area contributed by atoms with Crippen molar-refractivity contribution in [2.75, 3.05) is 13.7 Å². The molecule has 1 heterocycles. The highest BCUT2D eigenvalue weighted by atomic mass is 16.5. The highest BCUT2D eigenvalue weighted by molar-refractivity contribution is 5.13. The summed E-state index contributed by atoms with van der Waals surface area (Å²) in [7, 11) is 1.76. The molecule has 1 atom stereocenters. The SMILES string of the molecule is COC(C)(C)CCN[C@@H](C)c1ccncc1. The van der Waals surface area contributed by atoms with Gasteiger partial charge in [0.2, 0.25) is 0 Å². The van der Waals surface area contributed by atoms with Crippen LogP contribution in [0.5, 0.6) is 0 Å². The molecule has 1 aromatic heterocycles. The molecule has 1 N–H and O–H groups in total. The molecule has 16 heavy (non-hydrogen) atoms. The van der Waals surface area contributed by atoms with E-state index >= 15 is 0 Å². The fraction of sp³-hybridized carbons (Fsp3) is 0.615. The fourth-order valence-electron chi connectivity index (χ4n) is 1.46. The number of nitrogens with one attached hydrogen (secondary N) is 1. The normalized spacial score (nSPS) is 13.8. The van der Waals surface area contributed by atoms with Crippen molar-refractivity contribution in [1.82, 2.24) is 10.3 Å². The van der Waals surface area contributed by atoms with E-state index in [2.05, 4.69) is 31.1 Å². The van der Waals surface area contributed by atoms with Crippen molar-refractivity contribution in [3.05, 3.63) is 30.1 Å². The first-order chi connectivity index (χ1) is 7.55. The van der Waals surface area contributed by atoms with E-state index in [1.807, 2.05) is 24.5 Å². The van der Waals surface area contributed by atoms with Gasteiger partial charge in [-0.1, -0.05) is 0 Å². The van der Waals surface area contributed by atoms with Gasteiger partial charge in [-0.25, -0.2) is 0 Å². The van der Waals surface area contributed by atoms with Gasteiger partial charge in [-0.2, -0.15) is 0 Å². The van der Waals surface area contributed by atoms with Crippen LogP contribution in [-0.4, -0.2) is 24.2 Å². The van der Waals surface area contributed by atoms with Gasteiger partial charge < -0.3 is 10.1 Å². The topological polar surface area (TPSA) is 34.1 Å². The van der Waals surface area contributed by atoms with Crippen LogP contribution in [0.3, 0.4) is 0 Å². The fourth-order valence-corrected chi connectivity index (χ4v) is 1.46. The van der Waals surface area contributed by atoms with E-state index in [1.165, 1.54) is 5.56 Å². The second-order valence-corrected chi connectivity index (χ2v) is 4.67. The minimum Gasteiger partial charge on any atom is -0.379 e. The highest BCUT2D eigenvalue weighted by Gasteiger charge is 2.16. The number of hydrogen-bond donors (Lipinski definition) is 1. The molecule has 3 heteroatoms. The smallest absolute Gasteiger partial charge is 0.0634 e. The Hall–Kier alpha value is -0.930. The van der Waals surface area contributed by atoms with Crippen LogP contribution in [0.25, 0.3) is 0 Å². The van der Waals surface area contributed by atoms with Crippen molar-refractivity contribution >= 4 is 0 Å². The third-order valence-corrected chi connectivity index (χ3v) is 2.94. The Morgan fingerprint density at radius 1 is 1.38 bits per heavy atom. The van der Waals surface area contributed by atoms with E-state index in [1.54, 1.807) is 7.11 Å². The molecular formula is C13H22N2O. The van der Waals surface area contributed by atoms with Gasteiger partial charge in [0, 0.05) is 25.5 Å². The summed E-state index contributed by atoms with van der Waals surface area (Å²) in [5, 5.41) is 3.48. The molecule has 0 saturated heterocycles. The third kappa shape index (κ3) is 4.29. The van der Waals surface area contributed by atoms with Crippen LogP contribution < -0.4 is 5.32 Å². The van der Waals surface area contributed by atoms with Crippen molar-refractivity contribution in [3.63, 3.8) is 0 Å². The van der Waals surface area contributed by atoms with E-state index in [0.717, 1.165) is 13.0 Å². The van der Waals surface area contributed by atoms with Crippen molar-refractivity contribution in [2.45, 2.75) is 38.8 Å². The lowest BCUT2D eigenvalue weighted by molar-refractivity contribution is 0.0154. The molecule has 0 unspecified atom stereocenters. The maximum Gasteiger partial charge on any atom is 0.0634 e. The molecule has 0 saturated carbocycles. The van der Waals surface area contributed by atoms with Gasteiger partial charge >= 0.3 is 0 Å². The molecule has 0 aliphatic carbocycles. The van der Waals surface area contributed by atoms with Gasteiger partial charge in [-0.05, 0) is 51.4 Å². The molecule has 90 valence electrons. The Bertz CT molecular complexity index is 298. The number of hydrogen-bond acceptors (Lipinski definition) is 3. The average Bonchev–Trinajstić information content (AvgIpc) is 2.30. The van der Waals surface area contributed by atoms with Gasteiger partial charge in [-0.3, -0.25) is 4.98 Å². The summed E-state index contributed by atoms with van der Waals surface area (Å²) in [4.78, 5) is 4.01. The molecule has 0 amide bonds. The summed E-state index contributed by atoms with van der Waals surface area (Å²) in [5.41, 5.74) is 1.22. The Morgan fingerprint density at radius 3 is 2.56 bits per heavy atom. The van der Waals surface area contributed by atoms with Crippen LogP contribution in [-0.2, 0) is 4.74 Å². The lowest BCUT2D eigenvalue weighted by Crippen LogP contribution is -2.30. The van der Waals surface area contributed by atoms with Gasteiger partial charge in [0.1, 0.15) is 0 Å². The number of rotatable bonds is 6. The van der Waals surface area contributed by atoms with E-state index < -0.39 is 0 Å². The molecule has 0 aliphatic heterocycles. The predicted molar refractivity (Wildman–Crippen MR) is 66.4 cm³/mol. The molecule has 0 radical (unpaired) electrons. The maximum atomic E-state index is 5.38. The van der Waals surface area contributed by atoms with Crippen LogP contribution >= 0.6 is 0 Å². The zero-order valence-electron chi connectivity index (χ0n) is 10.7. The number of methoxy groups -OCH3 is 1. The molecule has 0 spiro atoms. The quantitative estimate of drug-likeness (QED) is 0.803. The zero-order chi connectivity index (χ0) is 12.0. The minimum absolute atomic E-state index is 0.0506. The first kappa shape index (κ1) is 13.1. The first-order valence-corrected chi connectivity index (χ1v) is 5.73. The number of aromatic nitrogens is 1. The van der Waals surface area contributed by atoms with Crippen molar-refractivity contribution < 1.29 is 4.74 Å². The van der Waals surface area contributed by atoms with Gasteiger partial charge in [-0.15, -0.1) is 0 Å². The largest absolute Gasteiger partial charge is 0.379 e. The van der Waals surface area contributed by atoms with Crippen molar-refractivity contribution in [2.24, 2.45) is 0 Å². The molecule has 0 aromatic carbocycles. The van der Waals surface area contributed by atoms with Crippen LogP contribution in [0, 0.1) is 0 Å². The van der Waals surface area contributed by atoms with E-state index in [0.29, 0.717) is 6.04 Å². The van der Waals surface area contributed by atoms with Crippen LogP contribution in [0.2, 0.25) is 0 Å². The lowest BCUT2D eigenvalue weighted by atomic mass is 10.0. The standard InChI is InChI=1S/C13H22N2O/c1-11(12-5-8-14-9-6-12)15-10-7-13(2,3)16-4/h5-6,8-9,11,15H,7,10H2,1-4H3/t11-/m0/s1. The highest BCUT2D eigenvalue weighted by Crippen LogP contribution is 2.14. The van der Waals surface area contributed by atoms with Gasteiger partial charge in [0.25, 0.3) is 0 Å². The summed E-state index contributed by atoms with van der Waals surface area (Å²) in [6, 6.07) is 4.44. The second kappa shape index (κ2) is 5.97. The van der Waals surface area contributed by atoms with E-state index in [4.69, 9.17) is 4.74 Å². The van der Waals surface area contributed by atoms with Gasteiger partial charge in [0.15, 0.2) is 0 Å². The maximum absolute atomic E-state index is 5.38. The minimum atomic E-state index is -0.0506. The summed E-state index contributed by atoms with van der Waals surface area (Å²) >= 11 is 0. The third-order valence-electron chi connectivity index (χ3n) is 2.94.